The van der Waals surface area contributed by atoms with Gasteiger partial charge in [0.2, 0.25) is 0 Å². The van der Waals surface area contributed by atoms with Crippen molar-refractivity contribution in [3.63, 3.8) is 0 Å². The van der Waals surface area contributed by atoms with Gasteiger partial charge in [0.05, 0.1) is 0 Å². The molecule has 0 heteroatoms. The van der Waals surface area contributed by atoms with Crippen LogP contribution in [0, 0.1) is 17.4 Å². The van der Waals surface area contributed by atoms with Crippen molar-refractivity contribution in [2.75, 3.05) is 0 Å². The van der Waals surface area contributed by atoms with Crippen LogP contribution in [-0.2, 0) is 0 Å². The number of rotatable bonds is 2. The largest absolute Gasteiger partial charge is 0.0795 e. The predicted molar refractivity (Wildman–Crippen MR) is 120 cm³/mol. The van der Waals surface area contributed by atoms with Crippen molar-refractivity contribution in [2.45, 2.75) is 27.2 Å². The quantitative estimate of drug-likeness (QED) is 0.444. The van der Waals surface area contributed by atoms with E-state index < -0.39 is 0 Å². The summed E-state index contributed by atoms with van der Waals surface area (Å²) >= 11 is 0. The summed E-state index contributed by atoms with van der Waals surface area (Å²) in [5.41, 5.74) is 9.66. The number of aryl methyl sites for hydroxylation is 1. The van der Waals surface area contributed by atoms with Crippen LogP contribution in [0.5, 0.6) is 0 Å². The van der Waals surface area contributed by atoms with Gasteiger partial charge < -0.3 is 0 Å². The molecule has 3 aromatic carbocycles. The van der Waals surface area contributed by atoms with E-state index >= 15 is 0 Å². The van der Waals surface area contributed by atoms with E-state index in [1.54, 1.807) is 0 Å². The van der Waals surface area contributed by atoms with E-state index in [1.807, 2.05) is 0 Å². The molecule has 0 nitrogen and oxygen atoms in total. The SMILES string of the molecule is CC(C)=c1ccc2c(c1C1=C(c3ccccc3C)C=CC1)C=c1ccccc1=2. The summed E-state index contributed by atoms with van der Waals surface area (Å²) in [5.74, 6) is 0. The molecule has 2 aliphatic rings. The Morgan fingerprint density at radius 1 is 0.821 bits per heavy atom. The Bertz CT molecular complexity index is 1390. The third-order valence-corrected chi connectivity index (χ3v) is 6.00. The Labute approximate surface area is 166 Å². The molecule has 136 valence electrons. The minimum Gasteiger partial charge on any atom is -0.0795 e. The Kier molecular flexibility index (Phi) is 3.94. The van der Waals surface area contributed by atoms with Crippen molar-refractivity contribution in [2.24, 2.45) is 0 Å². The highest BCUT2D eigenvalue weighted by molar-refractivity contribution is 6.01. The third kappa shape index (κ3) is 2.52. The van der Waals surface area contributed by atoms with Gasteiger partial charge in [-0.15, -0.1) is 0 Å². The lowest BCUT2D eigenvalue weighted by atomic mass is 9.89. The van der Waals surface area contributed by atoms with Crippen molar-refractivity contribution in [3.8, 4) is 0 Å². The van der Waals surface area contributed by atoms with E-state index in [-0.39, 0.29) is 0 Å². The Morgan fingerprint density at radius 2 is 1.61 bits per heavy atom. The van der Waals surface area contributed by atoms with Crippen LogP contribution in [0.4, 0.5) is 0 Å². The van der Waals surface area contributed by atoms with Crippen LogP contribution in [0.3, 0.4) is 0 Å². The van der Waals surface area contributed by atoms with E-state index in [4.69, 9.17) is 0 Å². The van der Waals surface area contributed by atoms with Crippen LogP contribution in [0.15, 0.2) is 72.8 Å². The third-order valence-electron chi connectivity index (χ3n) is 6.00. The first-order chi connectivity index (χ1) is 13.6. The zero-order valence-electron chi connectivity index (χ0n) is 16.7. The fourth-order valence-corrected chi connectivity index (χ4v) is 4.64. The Balaban J connectivity index is 1.92. The van der Waals surface area contributed by atoms with Crippen LogP contribution in [-0.4, -0.2) is 0 Å². The van der Waals surface area contributed by atoms with Crippen molar-refractivity contribution in [3.05, 3.63) is 116 Å². The van der Waals surface area contributed by atoms with E-state index in [0.29, 0.717) is 0 Å². The van der Waals surface area contributed by atoms with Crippen molar-refractivity contribution in [1.29, 1.82) is 0 Å². The summed E-state index contributed by atoms with van der Waals surface area (Å²) in [5, 5.41) is 5.41. The molecular formula is C28H24. The summed E-state index contributed by atoms with van der Waals surface area (Å²) in [6.07, 6.45) is 8.00. The lowest BCUT2D eigenvalue weighted by molar-refractivity contribution is 1.34. The van der Waals surface area contributed by atoms with Gasteiger partial charge in [0.1, 0.15) is 0 Å². The second kappa shape index (κ2) is 6.49. The summed E-state index contributed by atoms with van der Waals surface area (Å²) < 4.78 is 0. The molecule has 0 bridgehead atoms. The van der Waals surface area contributed by atoms with Gasteiger partial charge in [-0.3, -0.25) is 0 Å². The van der Waals surface area contributed by atoms with Gasteiger partial charge in [0.15, 0.2) is 0 Å². The zero-order chi connectivity index (χ0) is 19.3. The Hall–Kier alpha value is -3.12. The lowest BCUT2D eigenvalue weighted by Gasteiger charge is -2.15. The van der Waals surface area contributed by atoms with Gasteiger partial charge in [0, 0.05) is 0 Å². The van der Waals surface area contributed by atoms with Gasteiger partial charge in [0.25, 0.3) is 0 Å². The van der Waals surface area contributed by atoms with Crippen molar-refractivity contribution >= 4 is 22.8 Å². The average molecular weight is 361 g/mol. The molecule has 5 rings (SSSR count). The first-order valence-electron chi connectivity index (χ1n) is 10.0. The van der Waals surface area contributed by atoms with Gasteiger partial charge in [-0.2, -0.15) is 0 Å². The van der Waals surface area contributed by atoms with Gasteiger partial charge in [-0.1, -0.05) is 78.4 Å². The monoisotopic (exact) mass is 360 g/mol. The molecular weight excluding hydrogens is 336 g/mol. The maximum Gasteiger partial charge on any atom is -0.00642 e. The minimum absolute atomic E-state index is 0.991. The molecule has 0 aromatic heterocycles. The molecule has 3 aromatic rings. The molecule has 0 fully saturated rings. The first kappa shape index (κ1) is 17.0. The highest BCUT2D eigenvalue weighted by atomic mass is 14.2. The van der Waals surface area contributed by atoms with Crippen LogP contribution >= 0.6 is 0 Å². The fourth-order valence-electron chi connectivity index (χ4n) is 4.64. The van der Waals surface area contributed by atoms with Crippen LogP contribution in [0.1, 0.15) is 42.5 Å². The lowest BCUT2D eigenvalue weighted by Crippen LogP contribution is -2.13. The second-order valence-corrected chi connectivity index (χ2v) is 7.99. The minimum atomic E-state index is 0.991. The van der Waals surface area contributed by atoms with E-state index in [0.717, 1.165) is 6.42 Å². The van der Waals surface area contributed by atoms with Gasteiger partial charge >= 0.3 is 0 Å². The molecule has 0 spiro atoms. The molecule has 0 heterocycles. The molecule has 0 amide bonds. The molecule has 0 saturated heterocycles. The van der Waals surface area contributed by atoms with Crippen LogP contribution < -0.4 is 10.4 Å². The fraction of sp³-hybridized carbons (Fsp3) is 0.143. The topological polar surface area (TPSA) is 0 Å². The summed E-state index contributed by atoms with van der Waals surface area (Å²) in [6.45, 7) is 6.66. The van der Waals surface area contributed by atoms with E-state index in [9.17, 15) is 0 Å². The summed E-state index contributed by atoms with van der Waals surface area (Å²) in [4.78, 5) is 0. The molecule has 28 heavy (non-hydrogen) atoms. The van der Waals surface area contributed by atoms with E-state index in [1.165, 1.54) is 59.8 Å². The van der Waals surface area contributed by atoms with E-state index in [2.05, 4.69) is 99.7 Å². The summed E-state index contributed by atoms with van der Waals surface area (Å²) in [7, 11) is 0. The molecule has 2 aliphatic carbocycles. The zero-order valence-corrected chi connectivity index (χ0v) is 16.7. The maximum absolute atomic E-state index is 2.38. The van der Waals surface area contributed by atoms with Crippen molar-refractivity contribution in [1.82, 2.24) is 0 Å². The summed E-state index contributed by atoms with van der Waals surface area (Å²) in [6, 6.07) is 22.1. The van der Waals surface area contributed by atoms with Gasteiger partial charge in [-0.25, -0.2) is 0 Å². The highest BCUT2D eigenvalue weighted by Gasteiger charge is 2.20. The van der Waals surface area contributed by atoms with Gasteiger partial charge in [-0.05, 0) is 87.5 Å². The number of fused-ring (bicyclic) bond motifs is 2. The van der Waals surface area contributed by atoms with Crippen LogP contribution in [0.25, 0.3) is 22.8 Å². The van der Waals surface area contributed by atoms with Crippen LogP contribution in [0.2, 0.25) is 0 Å². The normalized spacial score (nSPS) is 14.1. The number of hydrogen-bond donors (Lipinski definition) is 0. The molecule has 0 aliphatic heterocycles. The van der Waals surface area contributed by atoms with Crippen molar-refractivity contribution < 1.29 is 0 Å². The number of allylic oxidation sites excluding steroid dienone is 4. The molecule has 0 N–H and O–H groups in total. The molecule has 0 saturated carbocycles. The molecule has 0 radical (unpaired) electrons. The first-order valence-corrected chi connectivity index (χ1v) is 10.0. The Morgan fingerprint density at radius 3 is 2.43 bits per heavy atom. The number of benzene rings is 3. The second-order valence-electron chi connectivity index (χ2n) is 7.99. The highest BCUT2D eigenvalue weighted by Crippen LogP contribution is 2.37. The molecule has 0 atom stereocenters. The molecule has 0 unspecified atom stereocenters. The number of hydrogen-bond acceptors (Lipinski definition) is 0. The predicted octanol–water partition coefficient (Wildman–Crippen LogP) is 5.49. The maximum atomic E-state index is 2.38. The average Bonchev–Trinajstić information content (AvgIpc) is 3.32. The standard InChI is InChI=1S/C28H24/c1-18(2)21-15-16-25-23-12-7-5-10-20(23)17-27(25)28(21)26-14-8-13-24(26)22-11-6-4-9-19(22)3/h4-13,15-17H,14H2,1-3H3. The smallest absolute Gasteiger partial charge is 0.00642 e.